The summed E-state index contributed by atoms with van der Waals surface area (Å²) in [5, 5.41) is 3.41. The van der Waals surface area contributed by atoms with Crippen molar-refractivity contribution in [1.29, 1.82) is 0 Å². The fraction of sp³-hybridized carbons (Fsp3) is 0.818. The van der Waals surface area contributed by atoms with Crippen molar-refractivity contribution in [3.63, 3.8) is 0 Å². The van der Waals surface area contributed by atoms with Gasteiger partial charge in [0.2, 0.25) is 0 Å². The predicted molar refractivity (Wildman–Crippen MR) is 58.7 cm³/mol. The molecule has 1 N–H and O–H groups in total. The summed E-state index contributed by atoms with van der Waals surface area (Å²) in [5.74, 6) is 2.75. The molecule has 0 aliphatic carbocycles. The van der Waals surface area contributed by atoms with Crippen LogP contribution in [0.5, 0.6) is 0 Å². The minimum atomic E-state index is 0.233. The highest BCUT2D eigenvalue weighted by Gasteiger charge is 2.06. The van der Waals surface area contributed by atoms with Gasteiger partial charge in [-0.2, -0.15) is 0 Å². The highest BCUT2D eigenvalue weighted by molar-refractivity contribution is 4.98. The van der Waals surface area contributed by atoms with Crippen molar-refractivity contribution < 1.29 is 0 Å². The quantitative estimate of drug-likeness (QED) is 0.623. The number of nitrogens with one attached hydrogen (secondary N) is 1. The van der Waals surface area contributed by atoms with Crippen LogP contribution >= 0.6 is 0 Å². The third-order valence-electron chi connectivity index (χ3n) is 2.10. The molecule has 0 radical (unpaired) electrons. The van der Waals surface area contributed by atoms with Gasteiger partial charge in [0.05, 0.1) is 6.04 Å². The number of hydrogen-bond acceptors (Lipinski definition) is 2. The molecular formula is C11H22N2. The maximum absolute atomic E-state index is 5.36. The molecule has 0 aromatic rings. The Balaban J connectivity index is 3.61. The fourth-order valence-corrected chi connectivity index (χ4v) is 1.16. The summed E-state index contributed by atoms with van der Waals surface area (Å²) in [7, 11) is 4.18. The van der Waals surface area contributed by atoms with Crippen molar-refractivity contribution in [2.45, 2.75) is 38.8 Å². The zero-order valence-electron chi connectivity index (χ0n) is 9.30. The van der Waals surface area contributed by atoms with E-state index in [-0.39, 0.29) is 6.04 Å². The van der Waals surface area contributed by atoms with Gasteiger partial charge < -0.3 is 10.2 Å². The molecule has 0 bridgehead atoms. The van der Waals surface area contributed by atoms with Crippen molar-refractivity contribution >= 4 is 0 Å². The molecule has 0 aromatic carbocycles. The second kappa shape index (κ2) is 6.94. The van der Waals surface area contributed by atoms with Gasteiger partial charge in [0.25, 0.3) is 0 Å². The van der Waals surface area contributed by atoms with Crippen molar-refractivity contribution in [2.24, 2.45) is 0 Å². The van der Waals surface area contributed by atoms with E-state index >= 15 is 0 Å². The van der Waals surface area contributed by atoms with Crippen molar-refractivity contribution in [3.05, 3.63) is 0 Å². The van der Waals surface area contributed by atoms with Crippen LogP contribution in [0.2, 0.25) is 0 Å². The lowest BCUT2D eigenvalue weighted by atomic mass is 10.1. The van der Waals surface area contributed by atoms with E-state index in [0.717, 1.165) is 19.4 Å². The molecular weight excluding hydrogens is 160 g/mol. The Morgan fingerprint density at radius 2 is 2.08 bits per heavy atom. The monoisotopic (exact) mass is 182 g/mol. The van der Waals surface area contributed by atoms with Crippen LogP contribution in [-0.4, -0.2) is 37.6 Å². The van der Waals surface area contributed by atoms with Crippen LogP contribution in [0.25, 0.3) is 0 Å². The molecule has 0 aliphatic heterocycles. The Morgan fingerprint density at radius 3 is 2.46 bits per heavy atom. The molecule has 2 unspecified atom stereocenters. The summed E-state index contributed by atoms with van der Waals surface area (Å²) >= 11 is 0. The highest BCUT2D eigenvalue weighted by atomic mass is 15.1. The smallest absolute Gasteiger partial charge is 0.0686 e. The van der Waals surface area contributed by atoms with Gasteiger partial charge in [0.1, 0.15) is 0 Å². The van der Waals surface area contributed by atoms with Gasteiger partial charge in [-0.25, -0.2) is 0 Å². The second-order valence-electron chi connectivity index (χ2n) is 3.79. The first-order valence-electron chi connectivity index (χ1n) is 4.97. The summed E-state index contributed by atoms with van der Waals surface area (Å²) in [6.07, 6.45) is 7.51. The van der Waals surface area contributed by atoms with Gasteiger partial charge in [-0.1, -0.05) is 12.8 Å². The molecule has 0 saturated heterocycles. The minimum absolute atomic E-state index is 0.233. The third-order valence-corrected chi connectivity index (χ3v) is 2.10. The maximum Gasteiger partial charge on any atom is 0.0686 e. The Hall–Kier alpha value is -0.520. The van der Waals surface area contributed by atoms with E-state index in [1.165, 1.54) is 0 Å². The SMILES string of the molecule is C#CC(CC)NC(C)CCN(C)C. The first kappa shape index (κ1) is 12.5. The summed E-state index contributed by atoms with van der Waals surface area (Å²) in [6.45, 7) is 5.40. The molecule has 2 atom stereocenters. The Labute approximate surface area is 82.7 Å². The van der Waals surface area contributed by atoms with Crippen LogP contribution in [0.3, 0.4) is 0 Å². The average molecular weight is 182 g/mol. The van der Waals surface area contributed by atoms with Crippen LogP contribution in [0.4, 0.5) is 0 Å². The molecule has 0 spiro atoms. The van der Waals surface area contributed by atoms with Gasteiger partial charge in [0.15, 0.2) is 0 Å². The van der Waals surface area contributed by atoms with Gasteiger partial charge in [0, 0.05) is 6.04 Å². The second-order valence-corrected chi connectivity index (χ2v) is 3.79. The van der Waals surface area contributed by atoms with Crippen LogP contribution in [0.1, 0.15) is 26.7 Å². The Bertz CT molecular complexity index is 158. The minimum Gasteiger partial charge on any atom is -0.309 e. The Kier molecular flexibility index (Phi) is 6.66. The van der Waals surface area contributed by atoms with E-state index in [9.17, 15) is 0 Å². The molecule has 0 heterocycles. The largest absolute Gasteiger partial charge is 0.309 e. The summed E-state index contributed by atoms with van der Waals surface area (Å²) in [5.41, 5.74) is 0. The Morgan fingerprint density at radius 1 is 1.46 bits per heavy atom. The van der Waals surface area contributed by atoms with Gasteiger partial charge in [-0.05, 0) is 40.4 Å². The lowest BCUT2D eigenvalue weighted by Crippen LogP contribution is -2.36. The van der Waals surface area contributed by atoms with E-state index in [0.29, 0.717) is 6.04 Å². The van der Waals surface area contributed by atoms with Crippen LogP contribution < -0.4 is 5.32 Å². The lowest BCUT2D eigenvalue weighted by Gasteiger charge is -2.19. The topological polar surface area (TPSA) is 15.3 Å². The van der Waals surface area contributed by atoms with E-state index < -0.39 is 0 Å². The molecule has 2 nitrogen and oxygen atoms in total. The van der Waals surface area contributed by atoms with E-state index in [2.05, 4.69) is 44.1 Å². The van der Waals surface area contributed by atoms with Crippen LogP contribution in [-0.2, 0) is 0 Å². The molecule has 76 valence electrons. The van der Waals surface area contributed by atoms with Crippen LogP contribution in [0.15, 0.2) is 0 Å². The lowest BCUT2D eigenvalue weighted by molar-refractivity contribution is 0.358. The zero-order chi connectivity index (χ0) is 10.3. The first-order chi connectivity index (χ1) is 6.10. The first-order valence-corrected chi connectivity index (χ1v) is 4.97. The maximum atomic E-state index is 5.36. The molecule has 0 rings (SSSR count). The summed E-state index contributed by atoms with van der Waals surface area (Å²) in [6, 6.07) is 0.737. The van der Waals surface area contributed by atoms with Crippen LogP contribution in [0, 0.1) is 12.3 Å². The molecule has 2 heteroatoms. The van der Waals surface area contributed by atoms with E-state index in [1.54, 1.807) is 0 Å². The molecule has 0 amide bonds. The number of rotatable bonds is 6. The summed E-state index contributed by atoms with van der Waals surface area (Å²) < 4.78 is 0. The number of terminal acetylenes is 1. The molecule has 13 heavy (non-hydrogen) atoms. The normalized spacial score (nSPS) is 15.4. The third kappa shape index (κ3) is 6.62. The zero-order valence-corrected chi connectivity index (χ0v) is 9.30. The molecule has 0 aromatic heterocycles. The van der Waals surface area contributed by atoms with Gasteiger partial charge in [-0.3, -0.25) is 0 Å². The fourth-order valence-electron chi connectivity index (χ4n) is 1.16. The van der Waals surface area contributed by atoms with Crippen molar-refractivity contribution in [3.8, 4) is 12.3 Å². The predicted octanol–water partition coefficient (Wildman–Crippen LogP) is 1.33. The van der Waals surface area contributed by atoms with E-state index in [4.69, 9.17) is 6.42 Å². The van der Waals surface area contributed by atoms with Crippen molar-refractivity contribution in [2.75, 3.05) is 20.6 Å². The molecule has 0 aliphatic rings. The van der Waals surface area contributed by atoms with Gasteiger partial charge in [-0.15, -0.1) is 6.42 Å². The standard InChI is InChI=1S/C11H22N2/c1-6-11(7-2)12-10(3)8-9-13(4)5/h1,10-12H,7-9H2,2-5H3. The summed E-state index contributed by atoms with van der Waals surface area (Å²) in [4.78, 5) is 2.19. The number of hydrogen-bond donors (Lipinski definition) is 1. The highest BCUT2D eigenvalue weighted by Crippen LogP contribution is 1.96. The molecule has 0 saturated carbocycles. The average Bonchev–Trinajstić information content (AvgIpc) is 2.10. The van der Waals surface area contributed by atoms with Crippen molar-refractivity contribution in [1.82, 2.24) is 10.2 Å². The molecule has 0 fully saturated rings. The van der Waals surface area contributed by atoms with E-state index in [1.807, 2.05) is 0 Å². The van der Waals surface area contributed by atoms with Gasteiger partial charge >= 0.3 is 0 Å². The number of nitrogens with zero attached hydrogens (tertiary/aromatic N) is 1.